The lowest BCUT2D eigenvalue weighted by atomic mass is 9.95. The molecule has 2 aromatic carbocycles. The van der Waals surface area contributed by atoms with Crippen LogP contribution in [-0.2, 0) is 52.4 Å². The number of nitrogens with one attached hydrogen (secondary N) is 2. The first-order valence-electron chi connectivity index (χ1n) is 15.2. The van der Waals surface area contributed by atoms with E-state index in [0.29, 0.717) is 0 Å². The summed E-state index contributed by atoms with van der Waals surface area (Å²) in [5.41, 5.74) is 3.97. The Bertz CT molecular complexity index is 1500. The fourth-order valence-corrected chi connectivity index (χ4v) is 5.84. The number of carboxylic acids is 1. The molecule has 4 rings (SSSR count). The van der Waals surface area contributed by atoms with Gasteiger partial charge in [0.2, 0.25) is 5.91 Å². The molecule has 0 spiro atoms. The van der Waals surface area contributed by atoms with Gasteiger partial charge in [-0.1, -0.05) is 48.5 Å². The molecule has 48 heavy (non-hydrogen) atoms. The standard InChI is InChI=1S/C33H38N2O13/c1-16(27(31(40)41)35-33(42)44-14-25-23-12-8-6-10-21(23)22-11-7-9-13-24(22)25)45-32-28(34-17(2)36)30(47-20(5)39)29(46-19(4)38)26(48-32)15-43-18(3)37/h6-13,16,25-30,32H,14-15H2,1-5H3,(H,34,36)(H,35,42)(H,40,41)/t16-,26-,27+,28-,29-,30-,32?/m1/s1. The van der Waals surface area contributed by atoms with Crippen molar-refractivity contribution in [3.05, 3.63) is 59.7 Å². The van der Waals surface area contributed by atoms with E-state index in [1.807, 2.05) is 48.5 Å². The summed E-state index contributed by atoms with van der Waals surface area (Å²) >= 11 is 0. The van der Waals surface area contributed by atoms with Crippen molar-refractivity contribution in [3.8, 4) is 11.1 Å². The molecule has 258 valence electrons. The molecule has 0 bridgehead atoms. The molecule has 2 amide bonds. The number of fused-ring (bicyclic) bond motifs is 3. The zero-order valence-electron chi connectivity index (χ0n) is 27.0. The molecule has 0 aromatic heterocycles. The minimum atomic E-state index is -1.69. The zero-order valence-corrected chi connectivity index (χ0v) is 27.0. The number of rotatable bonds is 12. The third-order valence-electron chi connectivity index (χ3n) is 7.77. The van der Waals surface area contributed by atoms with Crippen LogP contribution in [-0.4, -0.2) is 97.0 Å². The van der Waals surface area contributed by atoms with Crippen LogP contribution in [0.2, 0.25) is 0 Å². The van der Waals surface area contributed by atoms with Crippen molar-refractivity contribution >= 4 is 35.9 Å². The summed E-state index contributed by atoms with van der Waals surface area (Å²) in [6, 6.07) is 12.4. The van der Waals surface area contributed by atoms with Crippen LogP contribution in [0.5, 0.6) is 0 Å². The predicted molar refractivity (Wildman–Crippen MR) is 164 cm³/mol. The number of alkyl carbamates (subject to hydrolysis) is 1. The quantitative estimate of drug-likeness (QED) is 0.219. The molecule has 1 aliphatic carbocycles. The second kappa shape index (κ2) is 15.7. The Morgan fingerprint density at radius 1 is 0.792 bits per heavy atom. The fourth-order valence-electron chi connectivity index (χ4n) is 5.84. The number of carbonyl (C=O) groups is 6. The Kier molecular flexibility index (Phi) is 11.7. The van der Waals surface area contributed by atoms with Crippen molar-refractivity contribution in [1.82, 2.24) is 10.6 Å². The van der Waals surface area contributed by atoms with Gasteiger partial charge < -0.3 is 44.2 Å². The molecule has 1 heterocycles. The summed E-state index contributed by atoms with van der Waals surface area (Å²) in [4.78, 5) is 73.2. The molecule has 1 aliphatic heterocycles. The Morgan fingerprint density at radius 3 is 1.88 bits per heavy atom. The Morgan fingerprint density at radius 2 is 1.35 bits per heavy atom. The number of esters is 3. The minimum absolute atomic E-state index is 0.0722. The van der Waals surface area contributed by atoms with Gasteiger partial charge in [0.15, 0.2) is 24.5 Å². The molecule has 1 fully saturated rings. The second-order valence-electron chi connectivity index (χ2n) is 11.3. The number of ether oxygens (including phenoxy) is 6. The summed E-state index contributed by atoms with van der Waals surface area (Å²) in [6.07, 6.45) is -7.98. The summed E-state index contributed by atoms with van der Waals surface area (Å²) in [7, 11) is 0. The van der Waals surface area contributed by atoms with E-state index in [-0.39, 0.29) is 12.5 Å². The molecule has 1 saturated heterocycles. The van der Waals surface area contributed by atoms with Crippen LogP contribution in [0.25, 0.3) is 11.1 Å². The van der Waals surface area contributed by atoms with Crippen molar-refractivity contribution in [2.24, 2.45) is 0 Å². The highest BCUT2D eigenvalue weighted by Gasteiger charge is 2.52. The van der Waals surface area contributed by atoms with Gasteiger partial charge in [0, 0.05) is 33.6 Å². The van der Waals surface area contributed by atoms with E-state index in [2.05, 4.69) is 10.6 Å². The third kappa shape index (κ3) is 8.66. The smallest absolute Gasteiger partial charge is 0.407 e. The molecule has 15 heteroatoms. The van der Waals surface area contributed by atoms with Gasteiger partial charge in [-0.15, -0.1) is 0 Å². The van der Waals surface area contributed by atoms with Gasteiger partial charge in [-0.05, 0) is 29.2 Å². The van der Waals surface area contributed by atoms with E-state index < -0.39 is 85.3 Å². The third-order valence-corrected chi connectivity index (χ3v) is 7.77. The molecular weight excluding hydrogens is 632 g/mol. The van der Waals surface area contributed by atoms with Crippen molar-refractivity contribution < 1.29 is 62.3 Å². The van der Waals surface area contributed by atoms with Crippen LogP contribution >= 0.6 is 0 Å². The van der Waals surface area contributed by atoms with Crippen molar-refractivity contribution in [2.75, 3.05) is 13.2 Å². The molecule has 1 unspecified atom stereocenters. The molecule has 15 nitrogen and oxygen atoms in total. The maximum atomic E-state index is 13.0. The summed E-state index contributed by atoms with van der Waals surface area (Å²) < 4.78 is 33.2. The first kappa shape index (κ1) is 35.8. The second-order valence-corrected chi connectivity index (χ2v) is 11.3. The Balaban J connectivity index is 1.52. The lowest BCUT2D eigenvalue weighted by Crippen LogP contribution is -2.67. The average Bonchev–Trinajstić information content (AvgIpc) is 3.33. The summed E-state index contributed by atoms with van der Waals surface area (Å²) in [6.45, 7) is 5.26. The summed E-state index contributed by atoms with van der Waals surface area (Å²) in [5.74, 6) is -4.67. The van der Waals surface area contributed by atoms with Crippen molar-refractivity contribution in [3.63, 3.8) is 0 Å². The Labute approximate surface area is 276 Å². The van der Waals surface area contributed by atoms with Gasteiger partial charge >= 0.3 is 30.0 Å². The molecule has 3 N–H and O–H groups in total. The normalized spacial score (nSPS) is 22.6. The van der Waals surface area contributed by atoms with Crippen LogP contribution < -0.4 is 10.6 Å². The average molecular weight is 671 g/mol. The van der Waals surface area contributed by atoms with E-state index in [4.69, 9.17) is 28.4 Å². The van der Waals surface area contributed by atoms with Crippen molar-refractivity contribution in [1.29, 1.82) is 0 Å². The minimum Gasteiger partial charge on any atom is -0.480 e. The van der Waals surface area contributed by atoms with Gasteiger partial charge in [-0.3, -0.25) is 19.2 Å². The van der Waals surface area contributed by atoms with Crippen LogP contribution in [0.15, 0.2) is 48.5 Å². The number of hydrogen-bond donors (Lipinski definition) is 3. The highest BCUT2D eigenvalue weighted by molar-refractivity contribution is 5.81. The highest BCUT2D eigenvalue weighted by atomic mass is 16.7. The lowest BCUT2D eigenvalue weighted by Gasteiger charge is -2.45. The van der Waals surface area contributed by atoms with Gasteiger partial charge in [-0.2, -0.15) is 0 Å². The maximum Gasteiger partial charge on any atom is 0.407 e. The monoisotopic (exact) mass is 670 g/mol. The Hall–Kier alpha value is -5.02. The number of benzene rings is 2. The van der Waals surface area contributed by atoms with E-state index in [1.54, 1.807) is 0 Å². The van der Waals surface area contributed by atoms with E-state index in [1.165, 1.54) is 6.92 Å². The van der Waals surface area contributed by atoms with Crippen LogP contribution in [0.3, 0.4) is 0 Å². The number of hydrogen-bond acceptors (Lipinski definition) is 12. The fraction of sp³-hybridized carbons (Fsp3) is 0.455. The molecular formula is C33H38N2O13. The molecule has 0 radical (unpaired) electrons. The molecule has 2 aromatic rings. The lowest BCUT2D eigenvalue weighted by molar-refractivity contribution is -0.287. The van der Waals surface area contributed by atoms with Crippen LogP contribution in [0, 0.1) is 0 Å². The predicted octanol–water partition coefficient (Wildman–Crippen LogP) is 2.04. The SMILES string of the molecule is CC(=O)N[C@H]1C(O[C@H](C)[C@H](NC(=O)OCC2c3ccccc3-c3ccccc32)C(=O)O)O[C@H](COC(C)=O)[C@@H](OC(C)=O)[C@@H]1OC(C)=O. The zero-order chi connectivity index (χ0) is 35.1. The molecule has 0 saturated carbocycles. The molecule has 7 atom stereocenters. The number of aliphatic carboxylic acids is 1. The van der Waals surface area contributed by atoms with E-state index in [9.17, 15) is 33.9 Å². The molecule has 2 aliphatic rings. The van der Waals surface area contributed by atoms with Gasteiger partial charge in [0.25, 0.3) is 0 Å². The number of carbonyl (C=O) groups excluding carboxylic acids is 5. The topological polar surface area (TPSA) is 202 Å². The number of amides is 2. The van der Waals surface area contributed by atoms with Crippen LogP contribution in [0.1, 0.15) is 51.7 Å². The maximum absolute atomic E-state index is 13.0. The van der Waals surface area contributed by atoms with Crippen molar-refractivity contribution in [2.45, 2.75) is 83.3 Å². The largest absolute Gasteiger partial charge is 0.480 e. The van der Waals surface area contributed by atoms with E-state index in [0.717, 1.165) is 49.9 Å². The number of carboxylic acid groups (broad SMARTS) is 1. The van der Waals surface area contributed by atoms with Crippen LogP contribution in [0.4, 0.5) is 4.79 Å². The van der Waals surface area contributed by atoms with E-state index >= 15 is 0 Å². The van der Waals surface area contributed by atoms with Gasteiger partial charge in [0.05, 0.1) is 6.10 Å². The first-order valence-corrected chi connectivity index (χ1v) is 15.2. The highest BCUT2D eigenvalue weighted by Crippen LogP contribution is 2.44. The first-order chi connectivity index (χ1) is 22.8. The summed E-state index contributed by atoms with van der Waals surface area (Å²) in [5, 5.41) is 14.9. The van der Waals surface area contributed by atoms with Gasteiger partial charge in [0.1, 0.15) is 25.4 Å². The van der Waals surface area contributed by atoms with Gasteiger partial charge in [-0.25, -0.2) is 9.59 Å².